The molecule has 2 heteroatoms. The van der Waals surface area contributed by atoms with Crippen LogP contribution in [-0.2, 0) is 0 Å². The van der Waals surface area contributed by atoms with Gasteiger partial charge in [-0.05, 0) is 75.9 Å². The van der Waals surface area contributed by atoms with E-state index in [1.54, 1.807) is 25.7 Å². The van der Waals surface area contributed by atoms with E-state index < -0.39 is 0 Å². The molecule has 0 radical (unpaired) electrons. The van der Waals surface area contributed by atoms with E-state index in [9.17, 15) is 0 Å². The van der Waals surface area contributed by atoms with Crippen molar-refractivity contribution in [2.75, 3.05) is 32.7 Å². The van der Waals surface area contributed by atoms with Gasteiger partial charge < -0.3 is 4.90 Å². The molecule has 2 aliphatic heterocycles. The maximum atomic E-state index is 2.83. The van der Waals surface area contributed by atoms with Gasteiger partial charge in [-0.25, -0.2) is 0 Å². The van der Waals surface area contributed by atoms with Crippen LogP contribution in [0.5, 0.6) is 0 Å². The van der Waals surface area contributed by atoms with Gasteiger partial charge >= 0.3 is 0 Å². The van der Waals surface area contributed by atoms with Gasteiger partial charge in [0.1, 0.15) is 0 Å². The van der Waals surface area contributed by atoms with Gasteiger partial charge in [-0.15, -0.1) is 0 Å². The third-order valence-electron chi connectivity index (χ3n) is 5.76. The van der Waals surface area contributed by atoms with Gasteiger partial charge in [-0.1, -0.05) is 0 Å². The van der Waals surface area contributed by atoms with Crippen LogP contribution in [-0.4, -0.2) is 48.6 Å². The summed E-state index contributed by atoms with van der Waals surface area (Å²) >= 11 is 0. The summed E-state index contributed by atoms with van der Waals surface area (Å²) in [4.78, 5) is 5.60. The van der Waals surface area contributed by atoms with Gasteiger partial charge in [0.25, 0.3) is 0 Å². The highest BCUT2D eigenvalue weighted by atomic mass is 15.3. The van der Waals surface area contributed by atoms with E-state index in [0.717, 1.165) is 17.4 Å². The lowest BCUT2D eigenvalue weighted by Crippen LogP contribution is -2.39. The molecule has 2 saturated carbocycles. The molecule has 4 fully saturated rings. The Hall–Kier alpha value is -0.0800. The Morgan fingerprint density at radius 1 is 0.941 bits per heavy atom. The third-order valence-corrected chi connectivity index (χ3v) is 5.76. The molecular weight excluding hydrogens is 208 g/mol. The van der Waals surface area contributed by atoms with Crippen LogP contribution in [0.1, 0.15) is 44.9 Å². The zero-order valence-corrected chi connectivity index (χ0v) is 11.0. The fraction of sp³-hybridized carbons (Fsp3) is 1.00. The summed E-state index contributed by atoms with van der Waals surface area (Å²) < 4.78 is 0. The summed E-state index contributed by atoms with van der Waals surface area (Å²) in [5.74, 6) is 1.13. The van der Waals surface area contributed by atoms with Crippen LogP contribution >= 0.6 is 0 Å². The average molecular weight is 234 g/mol. The van der Waals surface area contributed by atoms with Crippen LogP contribution in [0.25, 0.3) is 0 Å². The fourth-order valence-corrected chi connectivity index (χ4v) is 4.42. The molecule has 4 aliphatic rings. The van der Waals surface area contributed by atoms with Crippen molar-refractivity contribution in [2.24, 2.45) is 11.3 Å². The molecule has 0 N–H and O–H groups in total. The minimum Gasteiger partial charge on any atom is -0.301 e. The molecule has 0 bridgehead atoms. The van der Waals surface area contributed by atoms with Crippen molar-refractivity contribution in [1.82, 2.24) is 9.80 Å². The standard InChI is InChI=1S/C15H26N2/c1-3-14-11-16(8-2-10-17(14)9-1)12-15(6-7-15)13-4-5-13/h13-14H,1-12H2. The van der Waals surface area contributed by atoms with Crippen LogP contribution in [0.3, 0.4) is 0 Å². The van der Waals surface area contributed by atoms with E-state index in [1.807, 2.05) is 0 Å². The minimum atomic E-state index is 0.813. The summed E-state index contributed by atoms with van der Waals surface area (Å²) in [6.45, 7) is 6.96. The number of nitrogens with zero attached hydrogens (tertiary/aromatic N) is 2. The first kappa shape index (κ1) is 10.8. The maximum absolute atomic E-state index is 2.83. The predicted molar refractivity (Wildman–Crippen MR) is 70.0 cm³/mol. The van der Waals surface area contributed by atoms with E-state index in [4.69, 9.17) is 0 Å². The smallest absolute Gasteiger partial charge is 0.0223 e. The van der Waals surface area contributed by atoms with Crippen molar-refractivity contribution < 1.29 is 0 Å². The lowest BCUT2D eigenvalue weighted by atomic mass is 9.99. The second-order valence-corrected chi connectivity index (χ2v) is 7.06. The van der Waals surface area contributed by atoms with Crippen LogP contribution < -0.4 is 0 Å². The summed E-state index contributed by atoms with van der Waals surface area (Å²) in [5, 5.41) is 0. The Morgan fingerprint density at radius 3 is 2.53 bits per heavy atom. The van der Waals surface area contributed by atoms with Crippen LogP contribution in [0.2, 0.25) is 0 Å². The molecular formula is C15H26N2. The van der Waals surface area contributed by atoms with Gasteiger partial charge in [0.15, 0.2) is 0 Å². The van der Waals surface area contributed by atoms with Crippen molar-refractivity contribution in [3.8, 4) is 0 Å². The highest BCUT2D eigenvalue weighted by Crippen LogP contribution is 2.61. The first-order chi connectivity index (χ1) is 8.36. The molecule has 96 valence electrons. The normalized spacial score (nSPS) is 37.8. The number of hydrogen-bond donors (Lipinski definition) is 0. The molecule has 17 heavy (non-hydrogen) atoms. The van der Waals surface area contributed by atoms with E-state index in [2.05, 4.69) is 9.80 Å². The maximum Gasteiger partial charge on any atom is 0.0223 e. The third kappa shape index (κ3) is 2.04. The van der Waals surface area contributed by atoms with E-state index in [1.165, 1.54) is 52.0 Å². The Balaban J connectivity index is 1.40. The Kier molecular flexibility index (Phi) is 2.52. The number of hydrogen-bond acceptors (Lipinski definition) is 2. The van der Waals surface area contributed by atoms with E-state index in [0.29, 0.717) is 0 Å². The topological polar surface area (TPSA) is 6.48 Å². The Labute approximate surface area is 105 Å². The second kappa shape index (κ2) is 3.96. The first-order valence-corrected chi connectivity index (χ1v) is 7.82. The molecule has 2 saturated heterocycles. The average Bonchev–Trinajstić information content (AvgIpc) is 3.19. The fourth-order valence-electron chi connectivity index (χ4n) is 4.42. The van der Waals surface area contributed by atoms with Gasteiger partial charge in [-0.2, -0.15) is 0 Å². The van der Waals surface area contributed by atoms with Crippen molar-refractivity contribution in [1.29, 1.82) is 0 Å². The van der Waals surface area contributed by atoms with Crippen LogP contribution in [0, 0.1) is 11.3 Å². The van der Waals surface area contributed by atoms with E-state index >= 15 is 0 Å². The van der Waals surface area contributed by atoms with Crippen molar-refractivity contribution in [3.05, 3.63) is 0 Å². The monoisotopic (exact) mass is 234 g/mol. The van der Waals surface area contributed by atoms with Gasteiger partial charge in [-0.3, -0.25) is 4.90 Å². The summed E-state index contributed by atoms with van der Waals surface area (Å²) in [7, 11) is 0. The molecule has 1 atom stereocenters. The summed E-state index contributed by atoms with van der Waals surface area (Å²) in [6.07, 6.45) is 10.5. The molecule has 2 heterocycles. The molecule has 4 rings (SSSR count). The Morgan fingerprint density at radius 2 is 1.76 bits per heavy atom. The van der Waals surface area contributed by atoms with Gasteiger partial charge in [0, 0.05) is 19.1 Å². The van der Waals surface area contributed by atoms with E-state index in [-0.39, 0.29) is 0 Å². The zero-order chi connectivity index (χ0) is 11.3. The molecule has 0 amide bonds. The highest BCUT2D eigenvalue weighted by Gasteiger charge is 2.54. The molecule has 0 aromatic heterocycles. The number of fused-ring (bicyclic) bond motifs is 1. The minimum absolute atomic E-state index is 0.813. The van der Waals surface area contributed by atoms with Crippen LogP contribution in [0.4, 0.5) is 0 Å². The lowest BCUT2D eigenvalue weighted by Gasteiger charge is -2.29. The number of rotatable bonds is 3. The summed E-state index contributed by atoms with van der Waals surface area (Å²) in [5.41, 5.74) is 0.813. The quantitative estimate of drug-likeness (QED) is 0.739. The van der Waals surface area contributed by atoms with Crippen LogP contribution in [0.15, 0.2) is 0 Å². The molecule has 0 aromatic rings. The first-order valence-electron chi connectivity index (χ1n) is 7.82. The van der Waals surface area contributed by atoms with Crippen molar-refractivity contribution >= 4 is 0 Å². The van der Waals surface area contributed by atoms with Gasteiger partial charge in [0.2, 0.25) is 0 Å². The zero-order valence-electron chi connectivity index (χ0n) is 11.0. The lowest BCUT2D eigenvalue weighted by molar-refractivity contribution is 0.181. The molecule has 1 unspecified atom stereocenters. The van der Waals surface area contributed by atoms with Crippen molar-refractivity contribution in [2.45, 2.75) is 51.0 Å². The molecule has 0 spiro atoms. The molecule has 2 aliphatic carbocycles. The largest absolute Gasteiger partial charge is 0.301 e. The SMILES string of the molecule is C1CC2CN(CC3(C4CC4)CC3)CCCN2C1. The van der Waals surface area contributed by atoms with Gasteiger partial charge in [0.05, 0.1) is 0 Å². The molecule has 0 aromatic carbocycles. The Bertz CT molecular complexity index is 293. The second-order valence-electron chi connectivity index (χ2n) is 7.06. The van der Waals surface area contributed by atoms with Crippen molar-refractivity contribution in [3.63, 3.8) is 0 Å². The predicted octanol–water partition coefficient (Wildman–Crippen LogP) is 2.35. The highest BCUT2D eigenvalue weighted by molar-refractivity contribution is 5.06. The molecule has 2 nitrogen and oxygen atoms in total. The summed E-state index contributed by atoms with van der Waals surface area (Å²) in [6, 6.07) is 0.910.